The molecule has 2 aromatic carbocycles. The first-order chi connectivity index (χ1) is 15.3. The van der Waals surface area contributed by atoms with Gasteiger partial charge in [-0.2, -0.15) is 5.10 Å². The molecule has 0 atom stereocenters. The Hall–Kier alpha value is -3.73. The van der Waals surface area contributed by atoms with Crippen molar-refractivity contribution in [2.75, 3.05) is 16.6 Å². The molecular formula is C21H21N5O5S. The molecule has 2 heterocycles. The summed E-state index contributed by atoms with van der Waals surface area (Å²) in [6.45, 7) is 2.37. The number of aryl methyl sites for hydroxylation is 1. The molecule has 4 rings (SSSR count). The summed E-state index contributed by atoms with van der Waals surface area (Å²) in [5.74, 6) is -1.24. The monoisotopic (exact) mass is 455 g/mol. The van der Waals surface area contributed by atoms with E-state index in [2.05, 4.69) is 16.0 Å². The minimum absolute atomic E-state index is 0.000684. The third-order valence-electron chi connectivity index (χ3n) is 5.17. The lowest BCUT2D eigenvalue weighted by atomic mass is 10.1. The molecule has 1 aromatic heterocycles. The molecule has 1 fully saturated rings. The molecule has 0 bridgehead atoms. The molecule has 0 radical (unpaired) electrons. The number of hydrogen-bond acceptors (Lipinski definition) is 6. The first kappa shape index (κ1) is 21.5. The summed E-state index contributed by atoms with van der Waals surface area (Å²) in [6, 6.07) is 12.8. The highest BCUT2D eigenvalue weighted by atomic mass is 32.2. The van der Waals surface area contributed by atoms with Gasteiger partial charge in [-0.15, -0.1) is 0 Å². The molecule has 0 aliphatic carbocycles. The van der Waals surface area contributed by atoms with E-state index in [-0.39, 0.29) is 29.1 Å². The Morgan fingerprint density at radius 2 is 1.75 bits per heavy atom. The molecule has 10 nitrogen and oxygen atoms in total. The van der Waals surface area contributed by atoms with Gasteiger partial charge in [-0.05, 0) is 37.6 Å². The zero-order chi connectivity index (χ0) is 22.9. The van der Waals surface area contributed by atoms with Gasteiger partial charge in [0.1, 0.15) is 0 Å². The molecule has 3 aromatic rings. The molecule has 1 saturated heterocycles. The standard InChI is InChI=1S/C21H21N5O5S/c1-2-25-21(29)17-10-4-3-9-16(17)18(24-25)20(28)23-22-19(27)14-7-5-8-15(13-14)26-11-6-12-32(26,30)31/h3-5,7-10,13H,2,6,11-12H2,1H3,(H,22,27)(H,23,28). The minimum Gasteiger partial charge on any atom is -0.270 e. The number of carbonyl (C=O) groups is 2. The first-order valence-electron chi connectivity index (χ1n) is 10.0. The Labute approximate surface area is 183 Å². The summed E-state index contributed by atoms with van der Waals surface area (Å²) in [5, 5.41) is 4.84. The van der Waals surface area contributed by atoms with E-state index in [0.29, 0.717) is 29.4 Å². The van der Waals surface area contributed by atoms with Crippen LogP contribution in [0.4, 0.5) is 5.69 Å². The van der Waals surface area contributed by atoms with E-state index >= 15 is 0 Å². The van der Waals surface area contributed by atoms with Crippen molar-refractivity contribution in [3.05, 3.63) is 70.1 Å². The van der Waals surface area contributed by atoms with Crippen molar-refractivity contribution in [1.82, 2.24) is 20.6 Å². The van der Waals surface area contributed by atoms with E-state index < -0.39 is 21.8 Å². The fraction of sp³-hybridized carbons (Fsp3) is 0.238. The number of carbonyl (C=O) groups excluding carboxylic acids is 2. The van der Waals surface area contributed by atoms with Gasteiger partial charge in [0.2, 0.25) is 10.0 Å². The second kappa shape index (κ2) is 8.42. The number of hydrazine groups is 1. The summed E-state index contributed by atoms with van der Waals surface area (Å²) in [4.78, 5) is 37.7. The van der Waals surface area contributed by atoms with Crippen LogP contribution in [0.1, 0.15) is 34.2 Å². The second-order valence-corrected chi connectivity index (χ2v) is 9.23. The third kappa shape index (κ3) is 3.94. The van der Waals surface area contributed by atoms with Crippen LogP contribution in [0.15, 0.2) is 53.3 Å². The Morgan fingerprint density at radius 3 is 2.44 bits per heavy atom. The van der Waals surface area contributed by atoms with Crippen LogP contribution >= 0.6 is 0 Å². The lowest BCUT2D eigenvalue weighted by molar-refractivity contribution is 0.0843. The number of benzene rings is 2. The van der Waals surface area contributed by atoms with Gasteiger partial charge >= 0.3 is 0 Å². The van der Waals surface area contributed by atoms with Gasteiger partial charge in [0.25, 0.3) is 17.4 Å². The summed E-state index contributed by atoms with van der Waals surface area (Å²) in [7, 11) is -3.38. The maximum absolute atomic E-state index is 12.7. The van der Waals surface area contributed by atoms with Gasteiger partial charge in [-0.3, -0.25) is 29.5 Å². The molecule has 166 valence electrons. The molecule has 2 N–H and O–H groups in total. The maximum Gasteiger partial charge on any atom is 0.290 e. The van der Waals surface area contributed by atoms with Crippen LogP contribution in [0.2, 0.25) is 0 Å². The largest absolute Gasteiger partial charge is 0.290 e. The zero-order valence-corrected chi connectivity index (χ0v) is 18.1. The highest BCUT2D eigenvalue weighted by Crippen LogP contribution is 2.24. The Morgan fingerprint density at radius 1 is 1.03 bits per heavy atom. The molecule has 1 aliphatic rings. The SMILES string of the molecule is CCn1nc(C(=O)NNC(=O)c2cccc(N3CCCS3(=O)=O)c2)c2ccccc2c1=O. The summed E-state index contributed by atoms with van der Waals surface area (Å²) in [6.07, 6.45) is 0.523. The van der Waals surface area contributed by atoms with Crippen molar-refractivity contribution in [1.29, 1.82) is 0 Å². The fourth-order valence-corrected chi connectivity index (χ4v) is 5.15. The number of anilines is 1. The average Bonchev–Trinajstić information content (AvgIpc) is 3.16. The van der Waals surface area contributed by atoms with Gasteiger partial charge in [-0.25, -0.2) is 13.1 Å². The number of rotatable bonds is 4. The number of aromatic nitrogens is 2. The highest BCUT2D eigenvalue weighted by molar-refractivity contribution is 7.93. The van der Waals surface area contributed by atoms with Crippen LogP contribution in [0.5, 0.6) is 0 Å². The molecule has 0 spiro atoms. The number of nitrogens with one attached hydrogen (secondary N) is 2. The van der Waals surface area contributed by atoms with Gasteiger partial charge in [-0.1, -0.05) is 24.3 Å². The topological polar surface area (TPSA) is 130 Å². The van der Waals surface area contributed by atoms with Crippen LogP contribution in [-0.4, -0.2) is 42.3 Å². The Kier molecular flexibility index (Phi) is 5.66. The van der Waals surface area contributed by atoms with Crippen molar-refractivity contribution < 1.29 is 18.0 Å². The van der Waals surface area contributed by atoms with E-state index in [9.17, 15) is 22.8 Å². The van der Waals surface area contributed by atoms with Crippen LogP contribution in [0.3, 0.4) is 0 Å². The number of fused-ring (bicyclic) bond motifs is 1. The minimum atomic E-state index is -3.38. The summed E-state index contributed by atoms with van der Waals surface area (Å²) < 4.78 is 26.7. The predicted molar refractivity (Wildman–Crippen MR) is 119 cm³/mol. The first-order valence-corrected chi connectivity index (χ1v) is 11.6. The molecular weight excluding hydrogens is 434 g/mol. The van der Waals surface area contributed by atoms with Gasteiger partial charge < -0.3 is 0 Å². The number of sulfonamides is 1. The summed E-state index contributed by atoms with van der Waals surface area (Å²) >= 11 is 0. The van der Waals surface area contributed by atoms with E-state index in [1.807, 2.05) is 0 Å². The lowest BCUT2D eigenvalue weighted by Crippen LogP contribution is -2.42. The van der Waals surface area contributed by atoms with E-state index in [1.54, 1.807) is 43.3 Å². The van der Waals surface area contributed by atoms with Gasteiger partial charge in [0.05, 0.1) is 16.8 Å². The van der Waals surface area contributed by atoms with Crippen molar-refractivity contribution >= 4 is 38.3 Å². The fourth-order valence-electron chi connectivity index (χ4n) is 3.59. The smallest absolute Gasteiger partial charge is 0.270 e. The van der Waals surface area contributed by atoms with Crippen LogP contribution < -0.4 is 20.7 Å². The third-order valence-corrected chi connectivity index (χ3v) is 7.04. The van der Waals surface area contributed by atoms with Gasteiger partial charge in [0, 0.05) is 24.0 Å². The van der Waals surface area contributed by atoms with Crippen LogP contribution in [-0.2, 0) is 16.6 Å². The van der Waals surface area contributed by atoms with Crippen molar-refractivity contribution in [3.63, 3.8) is 0 Å². The normalized spacial score (nSPS) is 15.0. The van der Waals surface area contributed by atoms with Crippen molar-refractivity contribution in [2.45, 2.75) is 19.9 Å². The lowest BCUT2D eigenvalue weighted by Gasteiger charge is -2.17. The van der Waals surface area contributed by atoms with E-state index in [0.717, 1.165) is 0 Å². The van der Waals surface area contributed by atoms with Crippen molar-refractivity contribution in [3.8, 4) is 0 Å². The average molecular weight is 455 g/mol. The summed E-state index contributed by atoms with van der Waals surface area (Å²) in [5.41, 5.74) is 4.90. The quantitative estimate of drug-likeness (QED) is 0.565. The number of nitrogens with zero attached hydrogens (tertiary/aromatic N) is 3. The Bertz CT molecular complexity index is 1380. The maximum atomic E-state index is 12.7. The molecule has 2 amide bonds. The molecule has 0 unspecified atom stereocenters. The highest BCUT2D eigenvalue weighted by Gasteiger charge is 2.28. The van der Waals surface area contributed by atoms with Gasteiger partial charge in [0.15, 0.2) is 5.69 Å². The van der Waals surface area contributed by atoms with Crippen LogP contribution in [0.25, 0.3) is 10.8 Å². The van der Waals surface area contributed by atoms with E-state index in [1.165, 1.54) is 21.1 Å². The number of hydrogen-bond donors (Lipinski definition) is 2. The van der Waals surface area contributed by atoms with Crippen molar-refractivity contribution in [2.24, 2.45) is 0 Å². The molecule has 32 heavy (non-hydrogen) atoms. The zero-order valence-electron chi connectivity index (χ0n) is 17.2. The number of amides is 2. The van der Waals surface area contributed by atoms with Crippen LogP contribution in [0, 0.1) is 0 Å². The predicted octanol–water partition coefficient (Wildman–Crippen LogP) is 1.03. The molecule has 11 heteroatoms. The molecule has 0 saturated carbocycles. The molecule has 1 aliphatic heterocycles. The second-order valence-electron chi connectivity index (χ2n) is 7.22. The van der Waals surface area contributed by atoms with E-state index in [4.69, 9.17) is 0 Å². The Balaban J connectivity index is 1.54.